The minimum atomic E-state index is 0.646. The SMILES string of the molecule is CCC(C)C1CNC(C(C)C)CN1CCCOC. The van der Waals surface area contributed by atoms with Crippen LogP contribution < -0.4 is 5.32 Å². The van der Waals surface area contributed by atoms with Gasteiger partial charge in [0.25, 0.3) is 0 Å². The van der Waals surface area contributed by atoms with Crippen LogP contribution in [0.5, 0.6) is 0 Å². The fourth-order valence-corrected chi connectivity index (χ4v) is 2.80. The summed E-state index contributed by atoms with van der Waals surface area (Å²) in [5.41, 5.74) is 0. The van der Waals surface area contributed by atoms with E-state index in [2.05, 4.69) is 37.9 Å². The molecule has 0 spiro atoms. The quantitative estimate of drug-likeness (QED) is 0.708. The summed E-state index contributed by atoms with van der Waals surface area (Å²) in [6.45, 7) is 13.7. The van der Waals surface area contributed by atoms with Gasteiger partial charge in [-0.3, -0.25) is 4.90 Å². The molecule has 0 aromatic carbocycles. The first-order valence-electron chi connectivity index (χ1n) is 7.56. The number of rotatable bonds is 7. The molecule has 3 nitrogen and oxygen atoms in total. The first-order chi connectivity index (χ1) is 8.60. The van der Waals surface area contributed by atoms with Crippen molar-refractivity contribution in [3.63, 3.8) is 0 Å². The van der Waals surface area contributed by atoms with Gasteiger partial charge in [0.1, 0.15) is 0 Å². The molecule has 0 aliphatic carbocycles. The van der Waals surface area contributed by atoms with E-state index in [0.29, 0.717) is 18.0 Å². The molecule has 1 heterocycles. The van der Waals surface area contributed by atoms with Crippen molar-refractivity contribution >= 4 is 0 Å². The first-order valence-corrected chi connectivity index (χ1v) is 7.56. The monoisotopic (exact) mass is 256 g/mol. The highest BCUT2D eigenvalue weighted by Gasteiger charge is 2.31. The zero-order valence-corrected chi connectivity index (χ0v) is 12.9. The van der Waals surface area contributed by atoms with Crippen LogP contribution in [0.15, 0.2) is 0 Å². The minimum absolute atomic E-state index is 0.646. The van der Waals surface area contributed by atoms with E-state index in [1.165, 1.54) is 19.5 Å². The smallest absolute Gasteiger partial charge is 0.0474 e. The van der Waals surface area contributed by atoms with Gasteiger partial charge in [-0.05, 0) is 18.3 Å². The van der Waals surface area contributed by atoms with Gasteiger partial charge in [0.2, 0.25) is 0 Å². The van der Waals surface area contributed by atoms with Gasteiger partial charge in [-0.1, -0.05) is 34.1 Å². The standard InChI is InChI=1S/C15H32N2O/c1-6-13(4)15-10-16-14(12(2)3)11-17(15)8-7-9-18-5/h12-16H,6-11H2,1-5H3. The lowest BCUT2D eigenvalue weighted by Crippen LogP contribution is -2.60. The van der Waals surface area contributed by atoms with E-state index in [4.69, 9.17) is 4.74 Å². The van der Waals surface area contributed by atoms with Gasteiger partial charge in [-0.15, -0.1) is 0 Å². The van der Waals surface area contributed by atoms with Gasteiger partial charge < -0.3 is 10.1 Å². The van der Waals surface area contributed by atoms with E-state index in [1.807, 2.05) is 0 Å². The summed E-state index contributed by atoms with van der Waals surface area (Å²) < 4.78 is 5.19. The molecule has 3 heteroatoms. The van der Waals surface area contributed by atoms with E-state index in [9.17, 15) is 0 Å². The summed E-state index contributed by atoms with van der Waals surface area (Å²) in [6, 6.07) is 1.34. The Hall–Kier alpha value is -0.120. The van der Waals surface area contributed by atoms with Crippen molar-refractivity contribution in [1.29, 1.82) is 0 Å². The molecule has 1 aliphatic rings. The van der Waals surface area contributed by atoms with Crippen molar-refractivity contribution in [3.8, 4) is 0 Å². The van der Waals surface area contributed by atoms with Crippen LogP contribution in [0.3, 0.4) is 0 Å². The van der Waals surface area contributed by atoms with Gasteiger partial charge in [0.15, 0.2) is 0 Å². The summed E-state index contributed by atoms with van der Waals surface area (Å²) in [7, 11) is 1.79. The third-order valence-corrected chi connectivity index (χ3v) is 4.39. The van der Waals surface area contributed by atoms with Crippen LogP contribution in [0.25, 0.3) is 0 Å². The van der Waals surface area contributed by atoms with Crippen molar-refractivity contribution < 1.29 is 4.74 Å². The topological polar surface area (TPSA) is 24.5 Å². The van der Waals surface area contributed by atoms with Crippen LogP contribution in [0.1, 0.15) is 40.5 Å². The van der Waals surface area contributed by atoms with Gasteiger partial charge in [-0.25, -0.2) is 0 Å². The molecule has 0 amide bonds. The Bertz CT molecular complexity index is 221. The highest BCUT2D eigenvalue weighted by atomic mass is 16.5. The maximum Gasteiger partial charge on any atom is 0.0474 e. The second kappa shape index (κ2) is 8.13. The highest BCUT2D eigenvalue weighted by molar-refractivity contribution is 4.89. The number of nitrogens with zero attached hydrogens (tertiary/aromatic N) is 1. The van der Waals surface area contributed by atoms with E-state index >= 15 is 0 Å². The summed E-state index contributed by atoms with van der Waals surface area (Å²) in [5.74, 6) is 1.49. The van der Waals surface area contributed by atoms with Crippen molar-refractivity contribution in [2.75, 3.05) is 33.4 Å². The van der Waals surface area contributed by atoms with Gasteiger partial charge in [-0.2, -0.15) is 0 Å². The van der Waals surface area contributed by atoms with Gasteiger partial charge in [0.05, 0.1) is 0 Å². The van der Waals surface area contributed by atoms with Crippen LogP contribution in [-0.4, -0.2) is 50.3 Å². The average Bonchev–Trinajstić information content (AvgIpc) is 2.38. The molecule has 0 aromatic heterocycles. The number of hydrogen-bond acceptors (Lipinski definition) is 3. The Morgan fingerprint density at radius 3 is 2.61 bits per heavy atom. The molecule has 3 atom stereocenters. The Morgan fingerprint density at radius 1 is 1.33 bits per heavy atom. The highest BCUT2D eigenvalue weighted by Crippen LogP contribution is 2.20. The maximum absolute atomic E-state index is 5.19. The number of piperazine rings is 1. The van der Waals surface area contributed by atoms with Crippen molar-refractivity contribution in [2.45, 2.75) is 52.6 Å². The zero-order chi connectivity index (χ0) is 13.5. The summed E-state index contributed by atoms with van der Waals surface area (Å²) in [5, 5.41) is 3.73. The van der Waals surface area contributed by atoms with Crippen LogP contribution in [0.2, 0.25) is 0 Å². The summed E-state index contributed by atoms with van der Waals surface area (Å²) >= 11 is 0. The maximum atomic E-state index is 5.19. The molecule has 3 unspecified atom stereocenters. The molecule has 108 valence electrons. The summed E-state index contributed by atoms with van der Waals surface area (Å²) in [4.78, 5) is 2.69. The Kier molecular flexibility index (Phi) is 7.20. The first kappa shape index (κ1) is 15.9. The molecular formula is C15H32N2O. The number of hydrogen-bond donors (Lipinski definition) is 1. The number of nitrogens with one attached hydrogen (secondary N) is 1. The predicted molar refractivity (Wildman–Crippen MR) is 77.9 cm³/mol. The van der Waals surface area contributed by atoms with Crippen molar-refractivity contribution in [2.24, 2.45) is 11.8 Å². The molecule has 1 rings (SSSR count). The fourth-order valence-electron chi connectivity index (χ4n) is 2.80. The van der Waals surface area contributed by atoms with E-state index < -0.39 is 0 Å². The average molecular weight is 256 g/mol. The minimum Gasteiger partial charge on any atom is -0.385 e. The summed E-state index contributed by atoms with van der Waals surface area (Å²) in [6.07, 6.45) is 2.41. The lowest BCUT2D eigenvalue weighted by atomic mass is 9.91. The Morgan fingerprint density at radius 2 is 2.06 bits per heavy atom. The predicted octanol–water partition coefficient (Wildman–Crippen LogP) is 2.37. The number of methoxy groups -OCH3 is 1. The fraction of sp³-hybridized carbons (Fsp3) is 1.00. The van der Waals surface area contributed by atoms with Crippen molar-refractivity contribution in [1.82, 2.24) is 10.2 Å². The third-order valence-electron chi connectivity index (χ3n) is 4.39. The molecule has 1 saturated heterocycles. The van der Waals surface area contributed by atoms with Crippen molar-refractivity contribution in [3.05, 3.63) is 0 Å². The van der Waals surface area contributed by atoms with Gasteiger partial charge in [0, 0.05) is 45.4 Å². The molecule has 1 N–H and O–H groups in total. The normalized spacial score (nSPS) is 27.7. The van der Waals surface area contributed by atoms with Crippen LogP contribution in [0, 0.1) is 11.8 Å². The van der Waals surface area contributed by atoms with E-state index in [0.717, 1.165) is 25.5 Å². The second-order valence-electron chi connectivity index (χ2n) is 6.05. The molecule has 0 radical (unpaired) electrons. The molecule has 0 bridgehead atoms. The second-order valence-corrected chi connectivity index (χ2v) is 6.05. The Balaban J connectivity index is 2.55. The molecule has 0 aromatic rings. The molecular weight excluding hydrogens is 224 g/mol. The number of ether oxygens (including phenoxy) is 1. The largest absolute Gasteiger partial charge is 0.385 e. The van der Waals surface area contributed by atoms with Crippen LogP contribution in [0.4, 0.5) is 0 Å². The third kappa shape index (κ3) is 4.52. The van der Waals surface area contributed by atoms with Crippen LogP contribution >= 0.6 is 0 Å². The lowest BCUT2D eigenvalue weighted by Gasteiger charge is -2.44. The zero-order valence-electron chi connectivity index (χ0n) is 12.9. The Labute approximate surface area is 113 Å². The lowest BCUT2D eigenvalue weighted by molar-refractivity contribution is 0.0689. The van der Waals surface area contributed by atoms with E-state index in [-0.39, 0.29) is 0 Å². The van der Waals surface area contributed by atoms with Crippen LogP contribution in [-0.2, 0) is 4.74 Å². The molecule has 1 fully saturated rings. The molecule has 1 aliphatic heterocycles. The van der Waals surface area contributed by atoms with Gasteiger partial charge >= 0.3 is 0 Å². The molecule has 0 saturated carbocycles. The molecule has 18 heavy (non-hydrogen) atoms. The van der Waals surface area contributed by atoms with E-state index in [1.54, 1.807) is 7.11 Å².